The molecular weight excluding hydrogens is 348 g/mol. The SMILES string of the molecule is Cc1oc(C(=O)N2Cc3ccccc3CC2C(=O)O)cc1S(N)(=O)=O. The van der Waals surface area contributed by atoms with Gasteiger partial charge in [0.1, 0.15) is 16.7 Å². The molecule has 2 heterocycles. The number of nitrogens with zero attached hydrogens (tertiary/aromatic N) is 1. The number of hydrogen-bond donors (Lipinski definition) is 2. The Labute approximate surface area is 143 Å². The Bertz CT molecular complexity index is 963. The van der Waals surface area contributed by atoms with Crippen molar-refractivity contribution in [3.63, 3.8) is 0 Å². The number of aliphatic carboxylic acids is 1. The molecule has 1 aromatic carbocycles. The average Bonchev–Trinajstić information content (AvgIpc) is 2.95. The first-order valence-electron chi connectivity index (χ1n) is 7.42. The van der Waals surface area contributed by atoms with Gasteiger partial charge in [0, 0.05) is 19.0 Å². The highest BCUT2D eigenvalue weighted by Gasteiger charge is 2.36. The Morgan fingerprint density at radius 3 is 2.48 bits per heavy atom. The van der Waals surface area contributed by atoms with Crippen molar-refractivity contribution in [2.24, 2.45) is 5.14 Å². The number of nitrogens with two attached hydrogens (primary N) is 1. The third kappa shape index (κ3) is 3.15. The molecule has 9 heteroatoms. The van der Waals surface area contributed by atoms with Crippen molar-refractivity contribution in [2.45, 2.75) is 30.8 Å². The van der Waals surface area contributed by atoms with Crippen LogP contribution in [0.2, 0.25) is 0 Å². The first kappa shape index (κ1) is 17.2. The molecule has 0 radical (unpaired) electrons. The number of rotatable bonds is 3. The summed E-state index contributed by atoms with van der Waals surface area (Å²) in [5, 5.41) is 14.6. The maximum atomic E-state index is 12.8. The molecule has 1 unspecified atom stereocenters. The van der Waals surface area contributed by atoms with Gasteiger partial charge in [0.2, 0.25) is 10.0 Å². The molecule has 8 nitrogen and oxygen atoms in total. The summed E-state index contributed by atoms with van der Waals surface area (Å²) in [5.41, 5.74) is 1.70. The molecule has 1 amide bonds. The van der Waals surface area contributed by atoms with E-state index in [1.165, 1.54) is 6.92 Å². The van der Waals surface area contributed by atoms with Gasteiger partial charge in [-0.15, -0.1) is 0 Å². The first-order valence-corrected chi connectivity index (χ1v) is 8.97. The van der Waals surface area contributed by atoms with E-state index in [1.807, 2.05) is 18.2 Å². The van der Waals surface area contributed by atoms with Crippen LogP contribution in [0.5, 0.6) is 0 Å². The lowest BCUT2D eigenvalue weighted by atomic mass is 9.94. The van der Waals surface area contributed by atoms with E-state index in [0.717, 1.165) is 22.1 Å². The van der Waals surface area contributed by atoms with E-state index < -0.39 is 27.9 Å². The van der Waals surface area contributed by atoms with Gasteiger partial charge in [0.15, 0.2) is 5.76 Å². The zero-order chi connectivity index (χ0) is 18.4. The molecule has 1 aliphatic rings. The second kappa shape index (κ2) is 6.01. The number of sulfonamides is 1. The van der Waals surface area contributed by atoms with Gasteiger partial charge in [-0.3, -0.25) is 4.79 Å². The summed E-state index contributed by atoms with van der Waals surface area (Å²) in [6.07, 6.45) is 0.166. The number of carboxylic acids is 1. The van der Waals surface area contributed by atoms with Crippen LogP contribution < -0.4 is 5.14 Å². The summed E-state index contributed by atoms with van der Waals surface area (Å²) in [6.45, 7) is 1.47. The predicted octanol–water partition coefficient (Wildman–Crippen LogP) is 0.887. The van der Waals surface area contributed by atoms with Crippen molar-refractivity contribution in [1.29, 1.82) is 0 Å². The molecular formula is C16H16N2O6S. The number of carboxylic acid groups (broad SMARTS) is 1. The number of benzene rings is 1. The second-order valence-electron chi connectivity index (χ2n) is 5.84. The summed E-state index contributed by atoms with van der Waals surface area (Å²) >= 11 is 0. The molecule has 132 valence electrons. The lowest BCUT2D eigenvalue weighted by Gasteiger charge is -2.33. The zero-order valence-electron chi connectivity index (χ0n) is 13.3. The standard InChI is InChI=1S/C16H16N2O6S/c1-9-14(25(17,22)23)7-13(24-9)15(19)18-8-11-5-3-2-4-10(11)6-12(18)16(20)21/h2-5,7,12H,6,8H2,1H3,(H,20,21)(H2,17,22,23). The van der Waals surface area contributed by atoms with Crippen LogP contribution in [-0.2, 0) is 27.8 Å². The average molecular weight is 364 g/mol. The molecule has 1 atom stereocenters. The lowest BCUT2D eigenvalue weighted by Crippen LogP contribution is -2.48. The van der Waals surface area contributed by atoms with Crippen LogP contribution in [-0.4, -0.2) is 36.3 Å². The highest BCUT2D eigenvalue weighted by atomic mass is 32.2. The summed E-state index contributed by atoms with van der Waals surface area (Å²) in [6, 6.07) is 7.22. The van der Waals surface area contributed by atoms with Crippen LogP contribution >= 0.6 is 0 Å². The van der Waals surface area contributed by atoms with Crippen molar-refractivity contribution < 1.29 is 27.5 Å². The molecule has 2 aromatic rings. The molecule has 0 saturated heterocycles. The molecule has 0 saturated carbocycles. The number of amides is 1. The fraction of sp³-hybridized carbons (Fsp3) is 0.250. The smallest absolute Gasteiger partial charge is 0.326 e. The van der Waals surface area contributed by atoms with E-state index in [2.05, 4.69) is 0 Å². The zero-order valence-corrected chi connectivity index (χ0v) is 14.1. The van der Waals surface area contributed by atoms with E-state index in [1.54, 1.807) is 6.07 Å². The summed E-state index contributed by atoms with van der Waals surface area (Å²) in [7, 11) is -4.04. The molecule has 1 aromatic heterocycles. The Morgan fingerprint density at radius 2 is 1.92 bits per heavy atom. The van der Waals surface area contributed by atoms with Crippen molar-refractivity contribution in [3.05, 3.63) is 53.0 Å². The van der Waals surface area contributed by atoms with Crippen molar-refractivity contribution in [2.75, 3.05) is 0 Å². The molecule has 3 rings (SSSR count). The maximum absolute atomic E-state index is 12.8. The van der Waals surface area contributed by atoms with E-state index in [4.69, 9.17) is 9.56 Å². The Balaban J connectivity index is 1.99. The van der Waals surface area contributed by atoms with E-state index in [9.17, 15) is 23.1 Å². The van der Waals surface area contributed by atoms with Crippen LogP contribution in [0.1, 0.15) is 27.4 Å². The summed E-state index contributed by atoms with van der Waals surface area (Å²) in [4.78, 5) is 25.2. The fourth-order valence-electron chi connectivity index (χ4n) is 2.95. The number of hydrogen-bond acceptors (Lipinski definition) is 5. The Kier molecular flexibility index (Phi) is 4.13. The topological polar surface area (TPSA) is 131 Å². The van der Waals surface area contributed by atoms with Crippen molar-refractivity contribution in [1.82, 2.24) is 4.90 Å². The van der Waals surface area contributed by atoms with Crippen molar-refractivity contribution in [3.8, 4) is 0 Å². The number of fused-ring (bicyclic) bond motifs is 1. The Hall–Kier alpha value is -2.65. The number of furan rings is 1. The minimum Gasteiger partial charge on any atom is -0.480 e. The summed E-state index contributed by atoms with van der Waals surface area (Å²) in [5.74, 6) is -2.11. The van der Waals surface area contributed by atoms with Gasteiger partial charge >= 0.3 is 5.97 Å². The number of primary sulfonamides is 1. The van der Waals surface area contributed by atoms with Gasteiger partial charge in [-0.05, 0) is 18.1 Å². The largest absolute Gasteiger partial charge is 0.480 e. The van der Waals surface area contributed by atoms with Crippen LogP contribution in [0.15, 0.2) is 39.6 Å². The number of carbonyl (C=O) groups is 2. The third-order valence-electron chi connectivity index (χ3n) is 4.18. The monoisotopic (exact) mass is 364 g/mol. The minimum absolute atomic E-state index is 0.0184. The van der Waals surface area contributed by atoms with Gasteiger partial charge in [-0.25, -0.2) is 18.4 Å². The maximum Gasteiger partial charge on any atom is 0.326 e. The van der Waals surface area contributed by atoms with Crippen LogP contribution in [0.3, 0.4) is 0 Å². The van der Waals surface area contributed by atoms with E-state index >= 15 is 0 Å². The fourth-order valence-corrected chi connectivity index (χ4v) is 3.67. The highest BCUT2D eigenvalue weighted by Crippen LogP contribution is 2.27. The second-order valence-corrected chi connectivity index (χ2v) is 7.37. The van der Waals surface area contributed by atoms with E-state index in [-0.39, 0.29) is 29.4 Å². The molecule has 0 aliphatic carbocycles. The highest BCUT2D eigenvalue weighted by molar-refractivity contribution is 7.89. The van der Waals surface area contributed by atoms with Crippen LogP contribution in [0.4, 0.5) is 0 Å². The normalized spacial score (nSPS) is 17.2. The van der Waals surface area contributed by atoms with Gasteiger partial charge in [-0.1, -0.05) is 24.3 Å². The minimum atomic E-state index is -4.04. The number of aryl methyl sites for hydroxylation is 1. The molecule has 0 bridgehead atoms. The number of carbonyl (C=O) groups excluding carboxylic acids is 1. The third-order valence-corrected chi connectivity index (χ3v) is 5.20. The quantitative estimate of drug-likeness (QED) is 0.831. The molecule has 0 spiro atoms. The Morgan fingerprint density at radius 1 is 1.28 bits per heavy atom. The van der Waals surface area contributed by atoms with Crippen molar-refractivity contribution >= 4 is 21.9 Å². The van der Waals surface area contributed by atoms with Gasteiger partial charge in [0.25, 0.3) is 5.91 Å². The van der Waals surface area contributed by atoms with Gasteiger partial charge in [0.05, 0.1) is 0 Å². The van der Waals surface area contributed by atoms with Gasteiger partial charge in [-0.2, -0.15) is 0 Å². The van der Waals surface area contributed by atoms with Crippen LogP contribution in [0, 0.1) is 6.92 Å². The molecule has 1 aliphatic heterocycles. The molecule has 3 N–H and O–H groups in total. The molecule has 0 fully saturated rings. The van der Waals surface area contributed by atoms with Gasteiger partial charge < -0.3 is 14.4 Å². The molecule has 25 heavy (non-hydrogen) atoms. The summed E-state index contributed by atoms with van der Waals surface area (Å²) < 4.78 is 28.2. The predicted molar refractivity (Wildman–Crippen MR) is 86.3 cm³/mol. The van der Waals surface area contributed by atoms with E-state index in [0.29, 0.717) is 0 Å². The lowest BCUT2D eigenvalue weighted by molar-refractivity contribution is -0.142. The van der Waals surface area contributed by atoms with Crippen LogP contribution in [0.25, 0.3) is 0 Å². The first-order chi connectivity index (χ1) is 11.7.